The van der Waals surface area contributed by atoms with Crippen LogP contribution in [0.5, 0.6) is 0 Å². The lowest BCUT2D eigenvalue weighted by Crippen LogP contribution is -2.18. The molecule has 1 heterocycles. The summed E-state index contributed by atoms with van der Waals surface area (Å²) in [4.78, 5) is 0.398. The lowest BCUT2D eigenvalue weighted by Gasteiger charge is -2.14. The fourth-order valence-electron chi connectivity index (χ4n) is 1.24. The van der Waals surface area contributed by atoms with Crippen LogP contribution in [0.1, 0.15) is 25.6 Å². The number of aliphatic hydroxyl groups is 1. The van der Waals surface area contributed by atoms with E-state index in [1.165, 1.54) is 13.1 Å². The molecule has 1 aromatic rings. The smallest absolute Gasteiger partial charge is 0.154 e. The molecular formula is C11H17FN2O2S2. The molecule has 0 saturated carbocycles. The van der Waals surface area contributed by atoms with Gasteiger partial charge in [-0.15, -0.1) is 11.3 Å². The Kier molecular flexibility index (Phi) is 4.32. The fraction of sp³-hybridized carbons (Fsp3) is 0.455. The summed E-state index contributed by atoms with van der Waals surface area (Å²) in [6.07, 6.45) is 0. The van der Waals surface area contributed by atoms with Crippen LogP contribution in [0.2, 0.25) is 0 Å². The summed E-state index contributed by atoms with van der Waals surface area (Å²) in [6, 6.07) is 1.19. The lowest BCUT2D eigenvalue weighted by atomic mass is 10.1. The maximum absolute atomic E-state index is 13.9. The van der Waals surface area contributed by atoms with E-state index in [0.717, 1.165) is 11.3 Å². The first kappa shape index (κ1) is 15.3. The van der Waals surface area contributed by atoms with Crippen LogP contribution >= 0.6 is 11.3 Å². The molecule has 1 unspecified atom stereocenters. The van der Waals surface area contributed by atoms with E-state index in [-0.39, 0.29) is 4.21 Å². The minimum absolute atomic E-state index is 0.0230. The summed E-state index contributed by atoms with van der Waals surface area (Å²) in [5.74, 6) is -0.638. The van der Waals surface area contributed by atoms with Crippen molar-refractivity contribution < 1.29 is 13.7 Å². The Bertz CT molecular complexity index is 578. The molecule has 0 radical (unpaired) electrons. The van der Waals surface area contributed by atoms with E-state index >= 15 is 0 Å². The van der Waals surface area contributed by atoms with Crippen molar-refractivity contribution in [2.24, 2.45) is 4.36 Å². The van der Waals surface area contributed by atoms with Gasteiger partial charge in [-0.1, -0.05) is 6.58 Å². The molecule has 7 heteroatoms. The Hall–Kier alpha value is -0.760. The molecule has 1 aromatic heterocycles. The second-order valence-electron chi connectivity index (χ2n) is 4.36. The van der Waals surface area contributed by atoms with Gasteiger partial charge in [0.05, 0.1) is 5.60 Å². The molecular weight excluding hydrogens is 275 g/mol. The first-order valence-corrected chi connectivity index (χ1v) is 7.56. The van der Waals surface area contributed by atoms with Crippen molar-refractivity contribution in [2.75, 3.05) is 7.05 Å². The predicted octanol–water partition coefficient (Wildman–Crippen LogP) is 2.61. The average Bonchev–Trinajstić information content (AvgIpc) is 2.59. The van der Waals surface area contributed by atoms with E-state index in [9.17, 15) is 13.7 Å². The largest absolute Gasteiger partial charge is 0.385 e. The molecule has 0 aromatic carbocycles. The predicted molar refractivity (Wildman–Crippen MR) is 72.2 cm³/mol. The number of nitrogens with zero attached hydrogens (tertiary/aromatic N) is 1. The van der Waals surface area contributed by atoms with Gasteiger partial charge < -0.3 is 5.11 Å². The van der Waals surface area contributed by atoms with Gasteiger partial charge in [0.2, 0.25) is 0 Å². The van der Waals surface area contributed by atoms with Gasteiger partial charge in [-0.2, -0.15) is 4.36 Å². The van der Waals surface area contributed by atoms with Crippen LogP contribution < -0.4 is 4.72 Å². The summed E-state index contributed by atoms with van der Waals surface area (Å²) < 4.78 is 32.7. The molecule has 2 N–H and O–H groups in total. The topological polar surface area (TPSA) is 61.7 Å². The summed E-state index contributed by atoms with van der Waals surface area (Å²) in [7, 11) is -1.62. The molecule has 4 nitrogen and oxygen atoms in total. The molecule has 102 valence electrons. The number of hydrogen-bond acceptors (Lipinski definition) is 4. The van der Waals surface area contributed by atoms with E-state index in [0.29, 0.717) is 10.6 Å². The van der Waals surface area contributed by atoms with Crippen molar-refractivity contribution >= 4 is 21.3 Å². The zero-order valence-electron chi connectivity index (χ0n) is 10.8. The molecule has 0 amide bonds. The molecule has 0 saturated heterocycles. The van der Waals surface area contributed by atoms with Crippen molar-refractivity contribution in [1.82, 2.24) is 4.72 Å². The number of rotatable bonds is 4. The summed E-state index contributed by atoms with van der Waals surface area (Å²) in [5, 5.41) is 9.83. The molecule has 1 rings (SSSR count). The molecule has 1 atom stereocenters. The van der Waals surface area contributed by atoms with E-state index < -0.39 is 21.3 Å². The number of nitrogens with one attached hydrogen (secondary N) is 1. The Morgan fingerprint density at radius 3 is 2.56 bits per heavy atom. The van der Waals surface area contributed by atoms with Crippen molar-refractivity contribution in [3.8, 4) is 0 Å². The third-order valence-corrected chi connectivity index (χ3v) is 6.04. The Morgan fingerprint density at radius 1 is 1.67 bits per heavy atom. The monoisotopic (exact) mass is 292 g/mol. The highest BCUT2D eigenvalue weighted by Crippen LogP contribution is 2.33. The number of thiophene rings is 1. The van der Waals surface area contributed by atoms with Crippen molar-refractivity contribution in [3.63, 3.8) is 0 Å². The van der Waals surface area contributed by atoms with Gasteiger partial charge in [-0.05, 0) is 33.9 Å². The van der Waals surface area contributed by atoms with Gasteiger partial charge in [-0.3, -0.25) is 0 Å². The normalized spacial score (nSPS) is 15.2. The van der Waals surface area contributed by atoms with Crippen LogP contribution in [-0.4, -0.2) is 16.4 Å². The standard InChI is InChI=1S/C11H17FN2O2S2/c1-7(2)14-18(16,13-5)10-8(12)6-9(17-10)11(3,4)15/h6,15H,1H2,2-5H3,(H,13,14,16). The molecule has 0 aliphatic carbocycles. The molecule has 18 heavy (non-hydrogen) atoms. The summed E-state index contributed by atoms with van der Waals surface area (Å²) in [6.45, 7) is 8.21. The highest BCUT2D eigenvalue weighted by molar-refractivity contribution is 7.93. The average molecular weight is 292 g/mol. The maximum atomic E-state index is 13.9. The Labute approximate surface area is 111 Å². The van der Waals surface area contributed by atoms with E-state index in [4.69, 9.17) is 0 Å². The maximum Gasteiger partial charge on any atom is 0.154 e. The molecule has 0 fully saturated rings. The lowest BCUT2D eigenvalue weighted by molar-refractivity contribution is 0.0823. The molecule has 0 bridgehead atoms. The second kappa shape index (κ2) is 5.08. The van der Waals surface area contributed by atoms with Crippen LogP contribution in [-0.2, 0) is 15.5 Å². The van der Waals surface area contributed by atoms with Gasteiger partial charge in [-0.25, -0.2) is 13.3 Å². The van der Waals surface area contributed by atoms with Crippen LogP contribution in [0.25, 0.3) is 0 Å². The summed E-state index contributed by atoms with van der Waals surface area (Å²) >= 11 is 0.942. The quantitative estimate of drug-likeness (QED) is 0.896. The van der Waals surface area contributed by atoms with Crippen LogP contribution in [0.4, 0.5) is 4.39 Å². The van der Waals surface area contributed by atoms with Crippen molar-refractivity contribution in [2.45, 2.75) is 30.6 Å². The highest BCUT2D eigenvalue weighted by atomic mass is 32.2. The second-order valence-corrected chi connectivity index (χ2v) is 7.72. The zero-order valence-corrected chi connectivity index (χ0v) is 12.4. The Morgan fingerprint density at radius 2 is 2.22 bits per heavy atom. The molecule has 0 aliphatic heterocycles. The minimum Gasteiger partial charge on any atom is -0.385 e. The fourth-order valence-corrected chi connectivity index (χ4v) is 4.21. The van der Waals surface area contributed by atoms with Crippen LogP contribution in [0.3, 0.4) is 0 Å². The van der Waals surface area contributed by atoms with Crippen LogP contribution in [0.15, 0.2) is 26.9 Å². The number of allylic oxidation sites excluding steroid dienone is 1. The SMILES string of the molecule is C=C(C)N=S(=O)(NC)c1sc(C(C)(C)O)cc1F. The number of hydrogen-bond donors (Lipinski definition) is 2. The zero-order chi connectivity index (χ0) is 14.1. The highest BCUT2D eigenvalue weighted by Gasteiger charge is 2.26. The first-order chi connectivity index (χ1) is 8.10. The van der Waals surface area contributed by atoms with Crippen molar-refractivity contribution in [1.29, 1.82) is 0 Å². The van der Waals surface area contributed by atoms with Gasteiger partial charge in [0, 0.05) is 10.6 Å². The molecule has 0 spiro atoms. The van der Waals surface area contributed by atoms with E-state index in [2.05, 4.69) is 15.7 Å². The Balaban J connectivity index is 3.47. The minimum atomic E-state index is -3.07. The molecule has 0 aliphatic rings. The number of halogens is 1. The first-order valence-electron chi connectivity index (χ1n) is 5.23. The van der Waals surface area contributed by atoms with Gasteiger partial charge in [0.25, 0.3) is 0 Å². The van der Waals surface area contributed by atoms with E-state index in [1.807, 2.05) is 0 Å². The third-order valence-electron chi connectivity index (χ3n) is 2.07. The third kappa shape index (κ3) is 3.17. The van der Waals surface area contributed by atoms with E-state index in [1.54, 1.807) is 20.8 Å². The summed E-state index contributed by atoms with van der Waals surface area (Å²) in [5.41, 5.74) is -0.840. The van der Waals surface area contributed by atoms with Gasteiger partial charge in [0.1, 0.15) is 0 Å². The van der Waals surface area contributed by atoms with Crippen LogP contribution in [0, 0.1) is 5.82 Å². The van der Waals surface area contributed by atoms with Gasteiger partial charge in [0.15, 0.2) is 19.9 Å². The van der Waals surface area contributed by atoms with Gasteiger partial charge >= 0.3 is 0 Å². The van der Waals surface area contributed by atoms with Crippen molar-refractivity contribution in [3.05, 3.63) is 29.0 Å².